The van der Waals surface area contributed by atoms with E-state index in [0.29, 0.717) is 5.92 Å². The Hall–Kier alpha value is -2.79. The Balaban J connectivity index is 1.54. The maximum atomic E-state index is 11.7. The van der Waals surface area contributed by atoms with Crippen molar-refractivity contribution >= 4 is 11.6 Å². The Morgan fingerprint density at radius 3 is 2.10 bits per heavy atom. The standard InChI is InChI=1S/C29H35NO/c1-4-6-7-8-23-11-17-26(18-12-23)27-19-13-24(14-20-27)9-10-25-15-21-28(22-16-25)30(3)29(31)5-2/h5,13-16,19-23,26H,2,4,6-8,11-12,17-18H2,1,3H3. The zero-order valence-electron chi connectivity index (χ0n) is 19.1. The van der Waals surface area contributed by atoms with E-state index in [2.05, 4.69) is 49.6 Å². The highest BCUT2D eigenvalue weighted by atomic mass is 16.2. The van der Waals surface area contributed by atoms with Crippen molar-refractivity contribution in [3.8, 4) is 11.8 Å². The first-order valence-electron chi connectivity index (χ1n) is 11.7. The molecule has 1 amide bonds. The lowest BCUT2D eigenvalue weighted by molar-refractivity contribution is -0.113. The molecular weight excluding hydrogens is 378 g/mol. The van der Waals surface area contributed by atoms with E-state index in [-0.39, 0.29) is 5.91 Å². The van der Waals surface area contributed by atoms with Crippen molar-refractivity contribution in [2.24, 2.45) is 5.92 Å². The summed E-state index contributed by atoms with van der Waals surface area (Å²) in [4.78, 5) is 13.3. The molecule has 0 unspecified atom stereocenters. The quantitative estimate of drug-likeness (QED) is 0.269. The predicted molar refractivity (Wildman–Crippen MR) is 131 cm³/mol. The second-order valence-corrected chi connectivity index (χ2v) is 8.73. The molecule has 31 heavy (non-hydrogen) atoms. The molecule has 0 spiro atoms. The van der Waals surface area contributed by atoms with E-state index in [1.165, 1.54) is 63.0 Å². The van der Waals surface area contributed by atoms with Crippen LogP contribution in [-0.4, -0.2) is 13.0 Å². The first kappa shape index (κ1) is 22.9. The van der Waals surface area contributed by atoms with Crippen LogP contribution < -0.4 is 4.90 Å². The van der Waals surface area contributed by atoms with Crippen LogP contribution in [0.5, 0.6) is 0 Å². The average molecular weight is 414 g/mol. The van der Waals surface area contributed by atoms with Crippen LogP contribution in [0.2, 0.25) is 0 Å². The van der Waals surface area contributed by atoms with E-state index < -0.39 is 0 Å². The fraction of sp³-hybridized carbons (Fsp3) is 0.414. The van der Waals surface area contributed by atoms with Crippen LogP contribution in [0.3, 0.4) is 0 Å². The van der Waals surface area contributed by atoms with Crippen LogP contribution in [0.25, 0.3) is 0 Å². The highest BCUT2D eigenvalue weighted by Gasteiger charge is 2.21. The maximum absolute atomic E-state index is 11.7. The van der Waals surface area contributed by atoms with Gasteiger partial charge in [0.1, 0.15) is 0 Å². The van der Waals surface area contributed by atoms with E-state index in [4.69, 9.17) is 0 Å². The van der Waals surface area contributed by atoms with Crippen molar-refractivity contribution in [1.29, 1.82) is 0 Å². The summed E-state index contributed by atoms with van der Waals surface area (Å²) in [6.07, 6.45) is 12.3. The molecule has 1 fully saturated rings. The molecule has 0 aromatic heterocycles. The molecule has 0 saturated heterocycles. The molecule has 1 aliphatic carbocycles. The minimum absolute atomic E-state index is 0.121. The molecule has 1 saturated carbocycles. The summed E-state index contributed by atoms with van der Waals surface area (Å²) in [5.74, 6) is 8.03. The van der Waals surface area contributed by atoms with Gasteiger partial charge in [-0.25, -0.2) is 0 Å². The van der Waals surface area contributed by atoms with E-state index in [1.807, 2.05) is 24.3 Å². The van der Waals surface area contributed by atoms with Gasteiger partial charge < -0.3 is 4.90 Å². The van der Waals surface area contributed by atoms with Gasteiger partial charge >= 0.3 is 0 Å². The van der Waals surface area contributed by atoms with Gasteiger partial charge in [0.2, 0.25) is 5.91 Å². The molecule has 0 bridgehead atoms. The van der Waals surface area contributed by atoms with Crippen LogP contribution in [-0.2, 0) is 4.79 Å². The van der Waals surface area contributed by atoms with Crippen molar-refractivity contribution in [2.45, 2.75) is 64.2 Å². The third kappa shape index (κ3) is 6.59. The second kappa shape index (κ2) is 11.6. The summed E-state index contributed by atoms with van der Waals surface area (Å²) in [5.41, 5.74) is 4.28. The van der Waals surface area contributed by atoms with Gasteiger partial charge in [-0.1, -0.05) is 63.2 Å². The number of likely N-dealkylation sites (N-methyl/N-ethyl adjacent to an activating group) is 1. The SMILES string of the molecule is C=CC(=O)N(C)c1ccc(C#Cc2ccc(C3CCC(CCCCC)CC3)cc2)cc1. The molecule has 0 radical (unpaired) electrons. The third-order valence-corrected chi connectivity index (χ3v) is 6.56. The van der Waals surface area contributed by atoms with Gasteiger partial charge in [0.15, 0.2) is 0 Å². The number of carbonyl (C=O) groups is 1. The normalized spacial score (nSPS) is 18.0. The van der Waals surface area contributed by atoms with Crippen LogP contribution in [0.4, 0.5) is 5.69 Å². The van der Waals surface area contributed by atoms with E-state index >= 15 is 0 Å². The molecular formula is C29H35NO. The minimum atomic E-state index is -0.121. The van der Waals surface area contributed by atoms with Crippen LogP contribution in [0, 0.1) is 17.8 Å². The Morgan fingerprint density at radius 2 is 1.55 bits per heavy atom. The molecule has 162 valence electrons. The monoisotopic (exact) mass is 413 g/mol. The zero-order valence-corrected chi connectivity index (χ0v) is 19.1. The minimum Gasteiger partial charge on any atom is -0.312 e. The van der Waals surface area contributed by atoms with E-state index in [0.717, 1.165) is 22.7 Å². The third-order valence-electron chi connectivity index (χ3n) is 6.56. The smallest absolute Gasteiger partial charge is 0.250 e. The summed E-state index contributed by atoms with van der Waals surface area (Å²) in [7, 11) is 1.74. The number of amides is 1. The van der Waals surface area contributed by atoms with Crippen molar-refractivity contribution in [1.82, 2.24) is 0 Å². The molecule has 0 heterocycles. The Labute approximate surface area is 188 Å². The van der Waals surface area contributed by atoms with Crippen LogP contribution in [0.1, 0.15) is 80.9 Å². The molecule has 2 aromatic carbocycles. The molecule has 0 atom stereocenters. The summed E-state index contributed by atoms with van der Waals surface area (Å²) < 4.78 is 0. The van der Waals surface area contributed by atoms with Gasteiger partial charge in [-0.3, -0.25) is 4.79 Å². The van der Waals surface area contributed by atoms with Crippen molar-refractivity contribution in [3.63, 3.8) is 0 Å². The zero-order chi connectivity index (χ0) is 22.1. The Morgan fingerprint density at radius 1 is 0.968 bits per heavy atom. The van der Waals surface area contributed by atoms with Gasteiger partial charge in [0, 0.05) is 23.9 Å². The largest absolute Gasteiger partial charge is 0.312 e. The topological polar surface area (TPSA) is 20.3 Å². The van der Waals surface area contributed by atoms with Crippen molar-refractivity contribution in [2.75, 3.05) is 11.9 Å². The van der Waals surface area contributed by atoms with Gasteiger partial charge in [0.25, 0.3) is 0 Å². The van der Waals surface area contributed by atoms with Crippen molar-refractivity contribution in [3.05, 3.63) is 77.9 Å². The summed E-state index contributed by atoms with van der Waals surface area (Å²) in [6, 6.07) is 16.6. The fourth-order valence-corrected chi connectivity index (χ4v) is 4.48. The number of unbranched alkanes of at least 4 members (excludes halogenated alkanes) is 2. The van der Waals surface area contributed by atoms with Gasteiger partial charge in [0.05, 0.1) is 0 Å². The number of rotatable bonds is 7. The molecule has 2 aromatic rings. The molecule has 0 N–H and O–H groups in total. The number of benzene rings is 2. The maximum Gasteiger partial charge on any atom is 0.250 e. The first-order valence-corrected chi connectivity index (χ1v) is 11.7. The average Bonchev–Trinajstić information content (AvgIpc) is 2.83. The van der Waals surface area contributed by atoms with Gasteiger partial charge in [-0.2, -0.15) is 0 Å². The van der Waals surface area contributed by atoms with Crippen LogP contribution >= 0.6 is 0 Å². The van der Waals surface area contributed by atoms with Crippen molar-refractivity contribution < 1.29 is 4.79 Å². The first-order chi connectivity index (χ1) is 15.1. The summed E-state index contributed by atoms with van der Waals surface area (Å²) in [6.45, 7) is 5.81. The lowest BCUT2D eigenvalue weighted by Gasteiger charge is -2.29. The van der Waals surface area contributed by atoms with Gasteiger partial charge in [-0.15, -0.1) is 0 Å². The lowest BCUT2D eigenvalue weighted by Crippen LogP contribution is -2.23. The fourth-order valence-electron chi connectivity index (χ4n) is 4.48. The number of carbonyl (C=O) groups excluding carboxylic acids is 1. The van der Waals surface area contributed by atoms with Gasteiger partial charge in [-0.05, 0) is 85.6 Å². The molecule has 3 rings (SSSR count). The molecule has 0 aliphatic heterocycles. The number of anilines is 1. The molecule has 2 nitrogen and oxygen atoms in total. The number of hydrogen-bond acceptors (Lipinski definition) is 1. The molecule has 1 aliphatic rings. The number of nitrogens with zero attached hydrogens (tertiary/aromatic N) is 1. The number of hydrogen-bond donors (Lipinski definition) is 0. The van der Waals surface area contributed by atoms with E-state index in [1.54, 1.807) is 11.9 Å². The lowest BCUT2D eigenvalue weighted by atomic mass is 9.77. The molecule has 2 heteroatoms. The van der Waals surface area contributed by atoms with E-state index in [9.17, 15) is 4.79 Å². The Kier molecular flexibility index (Phi) is 8.53. The van der Waals surface area contributed by atoms with Crippen LogP contribution in [0.15, 0.2) is 61.2 Å². The highest BCUT2D eigenvalue weighted by Crippen LogP contribution is 2.37. The predicted octanol–water partition coefficient (Wildman–Crippen LogP) is 7.09. The summed E-state index contributed by atoms with van der Waals surface area (Å²) in [5, 5.41) is 0. The summed E-state index contributed by atoms with van der Waals surface area (Å²) >= 11 is 0. The highest BCUT2D eigenvalue weighted by molar-refractivity contribution is 6.00. The Bertz CT molecular complexity index is 906. The second-order valence-electron chi connectivity index (χ2n) is 8.73.